The zero-order valence-electron chi connectivity index (χ0n) is 19.9. The number of nitrogens with zero attached hydrogens (tertiary/aromatic N) is 2. The Morgan fingerprint density at radius 1 is 1.20 bits per heavy atom. The summed E-state index contributed by atoms with van der Waals surface area (Å²) in [6, 6.07) is 7.63. The fourth-order valence-corrected chi connectivity index (χ4v) is 4.89. The number of ether oxygens (including phenoxy) is 3. The summed E-state index contributed by atoms with van der Waals surface area (Å²) in [6.45, 7) is 6.69. The van der Waals surface area contributed by atoms with E-state index in [1.54, 1.807) is 44.2 Å². The predicted octanol–water partition coefficient (Wildman–Crippen LogP) is 2.63. The third kappa shape index (κ3) is 4.69. The number of methoxy groups -OCH3 is 1. The van der Waals surface area contributed by atoms with Crippen molar-refractivity contribution in [1.82, 2.24) is 4.57 Å². The zero-order valence-corrected chi connectivity index (χ0v) is 20.7. The number of fused-ring (bicyclic) bond motifs is 1. The fourth-order valence-electron chi connectivity index (χ4n) is 3.86. The maximum atomic E-state index is 13.6. The van der Waals surface area contributed by atoms with Gasteiger partial charge in [0, 0.05) is 13.0 Å². The zero-order chi connectivity index (χ0) is 25.3. The minimum absolute atomic E-state index is 0.166. The second kappa shape index (κ2) is 9.75. The molecule has 1 aromatic carbocycles. The van der Waals surface area contributed by atoms with E-state index in [0.29, 0.717) is 26.4 Å². The second-order valence-electron chi connectivity index (χ2n) is 7.75. The number of carbonyl (C=O) groups is 2. The molecule has 9 nitrogen and oxygen atoms in total. The summed E-state index contributed by atoms with van der Waals surface area (Å²) in [4.78, 5) is 43.0. The van der Waals surface area contributed by atoms with Crippen molar-refractivity contribution in [2.24, 2.45) is 4.99 Å². The van der Waals surface area contributed by atoms with Gasteiger partial charge in [-0.15, -0.1) is 0 Å². The minimum Gasteiger partial charge on any atom is -0.493 e. The van der Waals surface area contributed by atoms with Gasteiger partial charge in [-0.25, -0.2) is 9.79 Å². The number of benzene rings is 1. The highest BCUT2D eigenvalue weighted by Crippen LogP contribution is 2.36. The Balaban J connectivity index is 1.95. The first-order valence-corrected chi connectivity index (χ1v) is 11.7. The van der Waals surface area contributed by atoms with Crippen LogP contribution in [0, 0.1) is 6.92 Å². The minimum atomic E-state index is -0.828. The first kappa shape index (κ1) is 24.2. The second-order valence-corrected chi connectivity index (χ2v) is 8.76. The Hall–Kier alpha value is -3.92. The predicted molar refractivity (Wildman–Crippen MR) is 128 cm³/mol. The normalized spacial score (nSPS) is 15.5. The van der Waals surface area contributed by atoms with Gasteiger partial charge in [-0.1, -0.05) is 17.4 Å². The Bertz CT molecular complexity index is 1520. The number of thiazole rings is 1. The molecule has 3 aromatic rings. The van der Waals surface area contributed by atoms with Crippen LogP contribution in [-0.4, -0.2) is 30.2 Å². The van der Waals surface area contributed by atoms with Gasteiger partial charge in [0.25, 0.3) is 5.56 Å². The smallest absolute Gasteiger partial charge is 0.338 e. The van der Waals surface area contributed by atoms with Gasteiger partial charge in [0.15, 0.2) is 16.3 Å². The average Bonchev–Trinajstić information content (AvgIpc) is 3.35. The monoisotopic (exact) mass is 496 g/mol. The summed E-state index contributed by atoms with van der Waals surface area (Å²) < 4.78 is 23.4. The standard InChI is InChI=1S/C25H24N2O7S/c1-6-32-24(30)21-14(3)26-25-27(23(29)20(35-25)12-17-9-7-13(2)33-17)22(21)16-8-10-18(34-15(4)28)19(11-16)31-5/h7-12,22H,6H2,1-5H3/b20-12-. The van der Waals surface area contributed by atoms with Crippen molar-refractivity contribution in [3.05, 3.63) is 78.4 Å². The molecule has 1 aliphatic rings. The van der Waals surface area contributed by atoms with E-state index < -0.39 is 18.0 Å². The average molecular weight is 497 g/mol. The molecule has 1 atom stereocenters. The van der Waals surface area contributed by atoms with Gasteiger partial charge in [0.05, 0.1) is 35.6 Å². The molecule has 4 rings (SSSR count). The van der Waals surface area contributed by atoms with E-state index in [1.165, 1.54) is 29.9 Å². The number of carbonyl (C=O) groups excluding carboxylic acids is 2. The lowest BCUT2D eigenvalue weighted by molar-refractivity contribution is -0.139. The molecule has 0 aliphatic carbocycles. The number of rotatable bonds is 6. The van der Waals surface area contributed by atoms with Crippen LogP contribution >= 0.6 is 11.3 Å². The van der Waals surface area contributed by atoms with Crippen LogP contribution in [0.3, 0.4) is 0 Å². The third-order valence-corrected chi connectivity index (χ3v) is 6.29. The summed E-state index contributed by atoms with van der Waals surface area (Å²) in [5.41, 5.74) is 0.918. The number of aryl methyl sites for hydroxylation is 1. The Kier molecular flexibility index (Phi) is 6.74. The third-order valence-electron chi connectivity index (χ3n) is 5.31. The van der Waals surface area contributed by atoms with E-state index in [9.17, 15) is 14.4 Å². The van der Waals surface area contributed by atoms with Gasteiger partial charge in [0.2, 0.25) is 0 Å². The molecule has 10 heteroatoms. The SMILES string of the molecule is CCOC(=O)C1=C(C)N=c2s/c(=C\c3ccc(C)o3)c(=O)n2C1c1ccc(OC(C)=O)c(OC)c1. The molecule has 0 N–H and O–H groups in total. The van der Waals surface area contributed by atoms with Crippen LogP contribution in [0.4, 0.5) is 0 Å². The lowest BCUT2D eigenvalue weighted by atomic mass is 9.95. The Labute approximate surface area is 204 Å². The molecule has 1 aliphatic heterocycles. The van der Waals surface area contributed by atoms with Crippen molar-refractivity contribution in [1.29, 1.82) is 0 Å². The summed E-state index contributed by atoms with van der Waals surface area (Å²) in [5.74, 6) is 0.699. The molecule has 2 aromatic heterocycles. The molecule has 0 radical (unpaired) electrons. The molecular formula is C25H24N2O7S. The first-order valence-electron chi connectivity index (χ1n) is 10.9. The molecule has 182 valence electrons. The van der Waals surface area contributed by atoms with Gasteiger partial charge < -0.3 is 18.6 Å². The van der Waals surface area contributed by atoms with E-state index in [-0.39, 0.29) is 29.2 Å². The van der Waals surface area contributed by atoms with Crippen LogP contribution < -0.4 is 24.4 Å². The van der Waals surface area contributed by atoms with Crippen molar-refractivity contribution in [2.45, 2.75) is 33.7 Å². The summed E-state index contributed by atoms with van der Waals surface area (Å²) in [6.07, 6.45) is 1.65. The quantitative estimate of drug-likeness (QED) is 0.381. The van der Waals surface area contributed by atoms with Crippen molar-refractivity contribution in [2.75, 3.05) is 13.7 Å². The molecule has 0 bridgehead atoms. The van der Waals surface area contributed by atoms with Crippen LogP contribution in [0.1, 0.15) is 43.9 Å². The maximum absolute atomic E-state index is 13.6. The van der Waals surface area contributed by atoms with Crippen LogP contribution in [0.15, 0.2) is 55.8 Å². The fraction of sp³-hybridized carbons (Fsp3) is 0.280. The molecule has 0 spiro atoms. The maximum Gasteiger partial charge on any atom is 0.338 e. The highest BCUT2D eigenvalue weighted by Gasteiger charge is 2.34. The lowest BCUT2D eigenvalue weighted by Gasteiger charge is -2.25. The topological polar surface area (TPSA) is 109 Å². The first-order chi connectivity index (χ1) is 16.7. The molecule has 0 saturated carbocycles. The number of allylic oxidation sites excluding steroid dienone is 1. The van der Waals surface area contributed by atoms with E-state index in [0.717, 1.165) is 5.76 Å². The van der Waals surface area contributed by atoms with Crippen LogP contribution in [0.5, 0.6) is 11.5 Å². The van der Waals surface area contributed by atoms with Crippen molar-refractivity contribution in [3.8, 4) is 11.5 Å². The number of furan rings is 1. The highest BCUT2D eigenvalue weighted by atomic mass is 32.1. The van der Waals surface area contributed by atoms with Crippen LogP contribution in [-0.2, 0) is 14.3 Å². The summed E-state index contributed by atoms with van der Waals surface area (Å²) in [5, 5.41) is 0. The number of hydrogen-bond donors (Lipinski definition) is 0. The largest absolute Gasteiger partial charge is 0.493 e. The Morgan fingerprint density at radius 3 is 2.60 bits per heavy atom. The van der Waals surface area contributed by atoms with E-state index in [4.69, 9.17) is 18.6 Å². The van der Waals surface area contributed by atoms with Gasteiger partial charge in [-0.05, 0) is 50.6 Å². The molecule has 0 amide bonds. The molecule has 1 unspecified atom stereocenters. The van der Waals surface area contributed by atoms with Gasteiger partial charge in [-0.3, -0.25) is 14.2 Å². The molecule has 0 fully saturated rings. The van der Waals surface area contributed by atoms with Crippen molar-refractivity contribution < 1.29 is 28.2 Å². The summed E-state index contributed by atoms with van der Waals surface area (Å²) in [7, 11) is 1.44. The van der Waals surface area contributed by atoms with E-state index in [2.05, 4.69) is 4.99 Å². The molecule has 3 heterocycles. The number of hydrogen-bond acceptors (Lipinski definition) is 9. The van der Waals surface area contributed by atoms with Crippen molar-refractivity contribution in [3.63, 3.8) is 0 Å². The van der Waals surface area contributed by atoms with Crippen molar-refractivity contribution >= 4 is 29.4 Å². The summed E-state index contributed by atoms with van der Waals surface area (Å²) >= 11 is 1.20. The number of esters is 2. The Morgan fingerprint density at radius 2 is 1.97 bits per heavy atom. The van der Waals surface area contributed by atoms with Gasteiger partial charge >= 0.3 is 11.9 Å². The lowest BCUT2D eigenvalue weighted by Crippen LogP contribution is -2.39. The molecule has 0 saturated heterocycles. The van der Waals surface area contributed by atoms with E-state index >= 15 is 0 Å². The van der Waals surface area contributed by atoms with Crippen LogP contribution in [0.2, 0.25) is 0 Å². The van der Waals surface area contributed by atoms with E-state index in [1.807, 2.05) is 13.0 Å². The van der Waals surface area contributed by atoms with Crippen LogP contribution in [0.25, 0.3) is 6.08 Å². The molecular weight excluding hydrogens is 472 g/mol. The molecule has 35 heavy (non-hydrogen) atoms. The van der Waals surface area contributed by atoms with Gasteiger partial charge in [-0.2, -0.15) is 0 Å². The highest BCUT2D eigenvalue weighted by molar-refractivity contribution is 7.07. The number of aromatic nitrogens is 1. The van der Waals surface area contributed by atoms with Gasteiger partial charge in [0.1, 0.15) is 11.5 Å².